The second-order valence-corrected chi connectivity index (χ2v) is 7.03. The van der Waals surface area contributed by atoms with E-state index in [1.165, 1.54) is 49.0 Å². The molecule has 0 N–H and O–H groups in total. The maximum atomic E-state index is 5.87. The van der Waals surface area contributed by atoms with Gasteiger partial charge in [-0.1, -0.05) is 6.42 Å². The fraction of sp³-hybridized carbons (Fsp3) is 0.684. The van der Waals surface area contributed by atoms with E-state index in [0.717, 1.165) is 31.0 Å². The summed E-state index contributed by atoms with van der Waals surface area (Å²) in [5, 5.41) is 0. The van der Waals surface area contributed by atoms with Gasteiger partial charge < -0.3 is 9.47 Å². The van der Waals surface area contributed by atoms with Gasteiger partial charge in [0.15, 0.2) is 0 Å². The number of nitrogens with zero attached hydrogens (tertiary/aromatic N) is 2. The summed E-state index contributed by atoms with van der Waals surface area (Å²) in [6.45, 7) is 6.58. The third-order valence-corrected chi connectivity index (χ3v) is 5.46. The predicted octanol–water partition coefficient (Wildman–Crippen LogP) is 3.07. The van der Waals surface area contributed by atoms with Crippen molar-refractivity contribution in [2.24, 2.45) is 0 Å². The second-order valence-electron chi connectivity index (χ2n) is 7.03. The third-order valence-electron chi connectivity index (χ3n) is 5.46. The number of fused-ring (bicyclic) bond motifs is 1. The number of hydrogen-bond donors (Lipinski definition) is 0. The minimum atomic E-state index is 0.534. The molecule has 0 bridgehead atoms. The van der Waals surface area contributed by atoms with Crippen LogP contribution < -0.4 is 9.47 Å². The summed E-state index contributed by atoms with van der Waals surface area (Å²) in [4.78, 5) is 4.93. The monoisotopic (exact) mass is 318 g/mol. The van der Waals surface area contributed by atoms with Crippen LogP contribution >= 0.6 is 0 Å². The molecule has 4 nitrogen and oxygen atoms in total. The fourth-order valence-corrected chi connectivity index (χ4v) is 3.95. The Kier molecular flexibility index (Phi) is 5.12. The molecule has 2 heterocycles. The van der Waals surface area contributed by atoms with E-state index in [1.807, 2.05) is 7.11 Å². The lowest BCUT2D eigenvalue weighted by Gasteiger charge is -2.35. The number of likely N-dealkylation sites (N-methyl/N-ethyl adjacent to an activating group) is 1. The Balaban J connectivity index is 1.97. The molecule has 1 unspecified atom stereocenters. The highest BCUT2D eigenvalue weighted by Gasteiger charge is 2.28. The van der Waals surface area contributed by atoms with E-state index in [2.05, 4.69) is 29.8 Å². The topological polar surface area (TPSA) is 24.9 Å². The second kappa shape index (κ2) is 7.10. The third kappa shape index (κ3) is 3.33. The summed E-state index contributed by atoms with van der Waals surface area (Å²) in [5.74, 6) is 2.11. The Morgan fingerprint density at radius 3 is 2.48 bits per heavy atom. The van der Waals surface area contributed by atoms with Crippen LogP contribution in [0.25, 0.3) is 0 Å². The van der Waals surface area contributed by atoms with Gasteiger partial charge >= 0.3 is 0 Å². The molecule has 1 aromatic carbocycles. The van der Waals surface area contributed by atoms with Gasteiger partial charge in [0, 0.05) is 35.8 Å². The lowest BCUT2D eigenvalue weighted by molar-refractivity contribution is 0.212. The molecule has 3 rings (SSSR count). The largest absolute Gasteiger partial charge is 0.496 e. The molecule has 2 aliphatic rings. The van der Waals surface area contributed by atoms with Gasteiger partial charge in [-0.15, -0.1) is 0 Å². The molecule has 0 amide bonds. The Labute approximate surface area is 140 Å². The predicted molar refractivity (Wildman–Crippen MR) is 93.3 cm³/mol. The van der Waals surface area contributed by atoms with Gasteiger partial charge in [0.25, 0.3) is 0 Å². The van der Waals surface area contributed by atoms with E-state index in [-0.39, 0.29) is 0 Å². The van der Waals surface area contributed by atoms with Crippen LogP contribution in [-0.4, -0.2) is 50.2 Å². The number of piperidine rings is 1. The van der Waals surface area contributed by atoms with Gasteiger partial charge in [0.05, 0.1) is 14.2 Å². The molecular weight excluding hydrogens is 288 g/mol. The van der Waals surface area contributed by atoms with Gasteiger partial charge in [-0.2, -0.15) is 0 Å². The molecule has 1 aromatic rings. The summed E-state index contributed by atoms with van der Waals surface area (Å²) in [7, 11) is 5.77. The fourth-order valence-electron chi connectivity index (χ4n) is 3.95. The van der Waals surface area contributed by atoms with Crippen molar-refractivity contribution in [1.29, 1.82) is 0 Å². The van der Waals surface area contributed by atoms with Crippen LogP contribution in [0.15, 0.2) is 6.07 Å². The van der Waals surface area contributed by atoms with E-state index < -0.39 is 0 Å². The van der Waals surface area contributed by atoms with Crippen LogP contribution in [0.5, 0.6) is 11.5 Å². The molecule has 23 heavy (non-hydrogen) atoms. The van der Waals surface area contributed by atoms with Crippen molar-refractivity contribution in [2.75, 3.05) is 34.4 Å². The Morgan fingerprint density at radius 1 is 1.09 bits per heavy atom. The molecule has 0 aromatic heterocycles. The van der Waals surface area contributed by atoms with E-state index in [9.17, 15) is 0 Å². The quantitative estimate of drug-likeness (QED) is 0.852. The zero-order valence-electron chi connectivity index (χ0n) is 15.0. The molecule has 1 fully saturated rings. The zero-order valence-corrected chi connectivity index (χ0v) is 15.0. The van der Waals surface area contributed by atoms with Crippen LogP contribution in [0.4, 0.5) is 0 Å². The van der Waals surface area contributed by atoms with Crippen LogP contribution in [-0.2, 0) is 19.5 Å². The average Bonchev–Trinajstić information content (AvgIpc) is 2.56. The molecule has 1 saturated heterocycles. The summed E-state index contributed by atoms with van der Waals surface area (Å²) in [5.41, 5.74) is 3.93. The standard InChI is InChI=1S/C19H30N2O2/c1-14-10-16-17(13-20(14)2)18(22-3)11-15(19(16)23-4)12-21-8-6-5-7-9-21/h11,14H,5-10,12-13H2,1-4H3. The first-order valence-corrected chi connectivity index (χ1v) is 8.82. The number of benzene rings is 1. The number of ether oxygens (including phenoxy) is 2. The van der Waals surface area contributed by atoms with Crippen molar-refractivity contribution in [3.05, 3.63) is 22.8 Å². The maximum absolute atomic E-state index is 5.87. The van der Waals surface area contributed by atoms with Crippen molar-refractivity contribution >= 4 is 0 Å². The molecule has 128 valence electrons. The van der Waals surface area contributed by atoms with Crippen LogP contribution in [0.1, 0.15) is 42.9 Å². The molecule has 1 atom stereocenters. The smallest absolute Gasteiger partial charge is 0.127 e. The summed E-state index contributed by atoms with van der Waals surface area (Å²) in [6, 6.07) is 2.74. The first-order valence-electron chi connectivity index (χ1n) is 8.82. The van der Waals surface area contributed by atoms with Crippen molar-refractivity contribution < 1.29 is 9.47 Å². The number of hydrogen-bond acceptors (Lipinski definition) is 4. The SMILES string of the molecule is COc1cc(CN2CCCCC2)c(OC)c2c1CN(C)C(C)C2. The van der Waals surface area contributed by atoms with Crippen molar-refractivity contribution in [3.63, 3.8) is 0 Å². The van der Waals surface area contributed by atoms with E-state index in [1.54, 1.807) is 7.11 Å². The van der Waals surface area contributed by atoms with Crippen molar-refractivity contribution in [1.82, 2.24) is 9.80 Å². The van der Waals surface area contributed by atoms with Crippen LogP contribution in [0.2, 0.25) is 0 Å². The Morgan fingerprint density at radius 2 is 1.83 bits per heavy atom. The highest BCUT2D eigenvalue weighted by molar-refractivity contribution is 5.55. The first kappa shape index (κ1) is 16.6. The number of methoxy groups -OCH3 is 2. The highest BCUT2D eigenvalue weighted by Crippen LogP contribution is 2.39. The van der Waals surface area contributed by atoms with Gasteiger partial charge in [0.1, 0.15) is 11.5 Å². The molecule has 0 radical (unpaired) electrons. The summed E-state index contributed by atoms with van der Waals surface area (Å²) in [6.07, 6.45) is 5.02. The maximum Gasteiger partial charge on any atom is 0.127 e. The Bertz CT molecular complexity index is 553. The molecular formula is C19H30N2O2. The first-order chi connectivity index (χ1) is 11.1. The number of likely N-dealkylation sites (tertiary alicyclic amines) is 1. The van der Waals surface area contributed by atoms with Crippen molar-refractivity contribution in [3.8, 4) is 11.5 Å². The normalized spacial score (nSPS) is 22.7. The van der Waals surface area contributed by atoms with E-state index >= 15 is 0 Å². The molecule has 0 aliphatic carbocycles. The molecule has 0 spiro atoms. The van der Waals surface area contributed by atoms with Crippen LogP contribution in [0, 0.1) is 0 Å². The minimum Gasteiger partial charge on any atom is -0.496 e. The molecule has 2 aliphatic heterocycles. The molecule has 4 heteroatoms. The lowest BCUT2D eigenvalue weighted by atomic mass is 9.91. The van der Waals surface area contributed by atoms with Crippen molar-refractivity contribution in [2.45, 2.75) is 51.7 Å². The lowest BCUT2D eigenvalue weighted by Crippen LogP contribution is -2.36. The van der Waals surface area contributed by atoms with Gasteiger partial charge in [0.2, 0.25) is 0 Å². The minimum absolute atomic E-state index is 0.534. The highest BCUT2D eigenvalue weighted by atomic mass is 16.5. The van der Waals surface area contributed by atoms with E-state index in [4.69, 9.17) is 9.47 Å². The van der Waals surface area contributed by atoms with Crippen LogP contribution in [0.3, 0.4) is 0 Å². The van der Waals surface area contributed by atoms with Gasteiger partial charge in [-0.05, 0) is 52.4 Å². The van der Waals surface area contributed by atoms with Gasteiger partial charge in [-0.25, -0.2) is 0 Å². The van der Waals surface area contributed by atoms with Gasteiger partial charge in [-0.3, -0.25) is 9.80 Å². The molecule has 0 saturated carbocycles. The summed E-state index contributed by atoms with van der Waals surface area (Å²) < 4.78 is 11.6. The number of rotatable bonds is 4. The van der Waals surface area contributed by atoms with E-state index in [0.29, 0.717) is 6.04 Å². The summed E-state index contributed by atoms with van der Waals surface area (Å²) >= 11 is 0. The zero-order chi connectivity index (χ0) is 16.4. The average molecular weight is 318 g/mol. The Hall–Kier alpha value is -1.26.